The van der Waals surface area contributed by atoms with Gasteiger partial charge in [-0.1, -0.05) is 0 Å². The van der Waals surface area contributed by atoms with Crippen LogP contribution in [0, 0.1) is 11.8 Å². The van der Waals surface area contributed by atoms with E-state index in [0.29, 0.717) is 36.3 Å². The van der Waals surface area contributed by atoms with Crippen LogP contribution in [0.15, 0.2) is 12.1 Å². The Morgan fingerprint density at radius 1 is 1.33 bits per heavy atom. The molecule has 1 saturated carbocycles. The Kier molecular flexibility index (Phi) is 3.60. The molecule has 2 amide bonds. The number of aromatic nitrogens is 1. The minimum absolute atomic E-state index is 0.119. The van der Waals surface area contributed by atoms with Crippen molar-refractivity contribution in [1.29, 1.82) is 0 Å². The highest BCUT2D eigenvalue weighted by Gasteiger charge is 2.54. The first-order valence-electron chi connectivity index (χ1n) is 6.86. The number of nitrogens with zero attached hydrogens (tertiary/aromatic N) is 1. The largest absolute Gasteiger partial charge is 0.390 e. The van der Waals surface area contributed by atoms with Gasteiger partial charge in [0.25, 0.3) is 11.8 Å². The van der Waals surface area contributed by atoms with E-state index >= 15 is 0 Å². The second-order valence-electron chi connectivity index (χ2n) is 5.33. The first-order chi connectivity index (χ1) is 10.1. The Morgan fingerprint density at radius 2 is 2.05 bits per heavy atom. The number of carbonyl (C=O) groups is 2. The Hall–Kier alpha value is -1.99. The van der Waals surface area contributed by atoms with Gasteiger partial charge in [0.15, 0.2) is 0 Å². The molecule has 7 nitrogen and oxygen atoms in total. The number of rotatable bonds is 4. The molecule has 2 fully saturated rings. The third-order valence-electron chi connectivity index (χ3n) is 4.01. The van der Waals surface area contributed by atoms with Crippen molar-refractivity contribution in [2.75, 3.05) is 20.3 Å². The van der Waals surface area contributed by atoms with Crippen LogP contribution in [0.25, 0.3) is 0 Å². The predicted octanol–water partition coefficient (Wildman–Crippen LogP) is -0.692. The summed E-state index contributed by atoms with van der Waals surface area (Å²) in [6.07, 6.45) is 0. The Labute approximate surface area is 121 Å². The minimum atomic E-state index is -0.393. The zero-order chi connectivity index (χ0) is 15.0. The summed E-state index contributed by atoms with van der Waals surface area (Å²) in [7, 11) is 1.49. The van der Waals surface area contributed by atoms with E-state index in [1.807, 2.05) is 0 Å². The van der Waals surface area contributed by atoms with Gasteiger partial charge in [-0.05, 0) is 12.1 Å². The van der Waals surface area contributed by atoms with E-state index in [-0.39, 0.29) is 24.2 Å². The molecule has 112 valence electrons. The molecule has 0 bridgehead atoms. The second kappa shape index (κ2) is 5.42. The topological polar surface area (TPSA) is 101 Å². The molecule has 1 saturated heterocycles. The summed E-state index contributed by atoms with van der Waals surface area (Å²) >= 11 is 0. The lowest BCUT2D eigenvalue weighted by Gasteiger charge is -2.09. The molecule has 21 heavy (non-hydrogen) atoms. The predicted molar refractivity (Wildman–Crippen MR) is 72.6 cm³/mol. The van der Waals surface area contributed by atoms with Crippen molar-refractivity contribution in [1.82, 2.24) is 15.6 Å². The maximum Gasteiger partial charge on any atom is 0.269 e. The average molecular weight is 291 g/mol. The summed E-state index contributed by atoms with van der Waals surface area (Å²) in [5, 5.41) is 14.6. The Morgan fingerprint density at radius 3 is 2.67 bits per heavy atom. The minimum Gasteiger partial charge on any atom is -0.390 e. The van der Waals surface area contributed by atoms with Crippen molar-refractivity contribution in [3.63, 3.8) is 0 Å². The standard InChI is InChI=1S/C14H17N3O4/c1-15-14(20)11-3-7(2-8(4-18)16-11)13(19)17-12-9-5-21-6-10(9)12/h2-3,9-10,12,18H,4-6H2,1H3,(H,15,20)(H,17,19)/t9-,10+,12+. The van der Waals surface area contributed by atoms with Crippen LogP contribution in [0.4, 0.5) is 0 Å². The number of hydrogen-bond acceptors (Lipinski definition) is 5. The van der Waals surface area contributed by atoms with E-state index in [4.69, 9.17) is 4.74 Å². The van der Waals surface area contributed by atoms with E-state index in [1.165, 1.54) is 19.2 Å². The maximum atomic E-state index is 12.3. The van der Waals surface area contributed by atoms with E-state index < -0.39 is 5.91 Å². The molecule has 0 spiro atoms. The van der Waals surface area contributed by atoms with Gasteiger partial charge >= 0.3 is 0 Å². The molecule has 3 rings (SSSR count). The number of fused-ring (bicyclic) bond motifs is 1. The van der Waals surface area contributed by atoms with Gasteiger partial charge in [-0.3, -0.25) is 9.59 Å². The van der Waals surface area contributed by atoms with Crippen LogP contribution < -0.4 is 10.6 Å². The van der Waals surface area contributed by atoms with Crippen molar-refractivity contribution >= 4 is 11.8 Å². The number of hydrogen-bond donors (Lipinski definition) is 3. The Balaban J connectivity index is 1.77. The zero-order valence-electron chi connectivity index (χ0n) is 11.6. The number of ether oxygens (including phenoxy) is 1. The molecule has 1 aliphatic heterocycles. The van der Waals surface area contributed by atoms with Crippen LogP contribution in [0.1, 0.15) is 26.5 Å². The lowest BCUT2D eigenvalue weighted by Crippen LogP contribution is -2.30. The van der Waals surface area contributed by atoms with E-state index in [9.17, 15) is 14.7 Å². The summed E-state index contributed by atoms with van der Waals surface area (Å²) in [6, 6.07) is 3.08. The van der Waals surface area contributed by atoms with Crippen molar-refractivity contribution in [2.24, 2.45) is 11.8 Å². The lowest BCUT2D eigenvalue weighted by molar-refractivity contribution is 0.0928. The van der Waals surface area contributed by atoms with Gasteiger partial charge in [0.1, 0.15) is 5.69 Å². The van der Waals surface area contributed by atoms with Gasteiger partial charge in [0.05, 0.1) is 25.5 Å². The van der Waals surface area contributed by atoms with Crippen LogP contribution in [0.3, 0.4) is 0 Å². The van der Waals surface area contributed by atoms with E-state index in [2.05, 4.69) is 15.6 Å². The number of pyridine rings is 1. The monoisotopic (exact) mass is 291 g/mol. The summed E-state index contributed by atoms with van der Waals surface area (Å²) in [5.74, 6) is 0.172. The number of carbonyl (C=O) groups excluding carboxylic acids is 2. The second-order valence-corrected chi connectivity index (χ2v) is 5.33. The number of aliphatic hydroxyl groups excluding tert-OH is 1. The molecule has 1 aromatic rings. The molecular weight excluding hydrogens is 274 g/mol. The quantitative estimate of drug-likeness (QED) is 0.681. The van der Waals surface area contributed by atoms with Gasteiger partial charge in [0, 0.05) is 30.5 Å². The molecule has 3 atom stereocenters. The van der Waals surface area contributed by atoms with E-state index in [0.717, 1.165) is 0 Å². The third kappa shape index (κ3) is 2.62. The Bertz CT molecular complexity index is 580. The molecule has 2 aliphatic rings. The molecular formula is C14H17N3O4. The van der Waals surface area contributed by atoms with Crippen LogP contribution in [-0.2, 0) is 11.3 Å². The molecule has 1 aliphatic carbocycles. The smallest absolute Gasteiger partial charge is 0.269 e. The number of aliphatic hydroxyl groups is 1. The van der Waals surface area contributed by atoms with Crippen LogP contribution >= 0.6 is 0 Å². The fourth-order valence-corrected chi connectivity index (χ4v) is 2.73. The van der Waals surface area contributed by atoms with Gasteiger partial charge in [-0.25, -0.2) is 4.98 Å². The zero-order valence-corrected chi connectivity index (χ0v) is 11.6. The third-order valence-corrected chi connectivity index (χ3v) is 4.01. The van der Waals surface area contributed by atoms with Gasteiger partial charge < -0.3 is 20.5 Å². The normalized spacial score (nSPS) is 26.1. The van der Waals surface area contributed by atoms with Crippen molar-refractivity contribution < 1.29 is 19.4 Å². The first kappa shape index (κ1) is 14.0. The lowest BCUT2D eigenvalue weighted by atomic mass is 10.1. The fraction of sp³-hybridized carbons (Fsp3) is 0.500. The van der Waals surface area contributed by atoms with Crippen molar-refractivity contribution in [2.45, 2.75) is 12.6 Å². The van der Waals surface area contributed by atoms with Crippen molar-refractivity contribution in [3.05, 3.63) is 29.1 Å². The number of nitrogens with one attached hydrogen (secondary N) is 2. The van der Waals surface area contributed by atoms with Gasteiger partial charge in [-0.15, -0.1) is 0 Å². The summed E-state index contributed by atoms with van der Waals surface area (Å²) in [5.41, 5.74) is 0.743. The summed E-state index contributed by atoms with van der Waals surface area (Å²) in [4.78, 5) is 27.9. The highest BCUT2D eigenvalue weighted by molar-refractivity contribution is 5.98. The summed E-state index contributed by atoms with van der Waals surface area (Å²) < 4.78 is 5.28. The molecule has 2 heterocycles. The molecule has 0 aromatic carbocycles. The van der Waals surface area contributed by atoms with Crippen LogP contribution in [0.2, 0.25) is 0 Å². The number of amides is 2. The summed E-state index contributed by atoms with van der Waals surface area (Å²) in [6.45, 7) is 1.06. The fourth-order valence-electron chi connectivity index (χ4n) is 2.73. The van der Waals surface area contributed by atoms with Crippen LogP contribution in [-0.4, -0.2) is 48.2 Å². The highest BCUT2D eigenvalue weighted by atomic mass is 16.5. The van der Waals surface area contributed by atoms with Gasteiger partial charge in [-0.2, -0.15) is 0 Å². The molecule has 7 heteroatoms. The molecule has 0 unspecified atom stereocenters. The van der Waals surface area contributed by atoms with Crippen molar-refractivity contribution in [3.8, 4) is 0 Å². The van der Waals surface area contributed by atoms with E-state index in [1.54, 1.807) is 0 Å². The molecule has 0 radical (unpaired) electrons. The first-order valence-corrected chi connectivity index (χ1v) is 6.86. The maximum absolute atomic E-state index is 12.3. The molecule has 3 N–H and O–H groups in total. The average Bonchev–Trinajstić information content (AvgIpc) is 2.95. The SMILES string of the molecule is CNC(=O)c1cc(C(=O)N[C@H]2[C@@H]3COC[C@@H]32)cc(CO)n1. The molecule has 1 aromatic heterocycles. The highest BCUT2D eigenvalue weighted by Crippen LogP contribution is 2.44. The van der Waals surface area contributed by atoms with Crippen LogP contribution in [0.5, 0.6) is 0 Å². The van der Waals surface area contributed by atoms with Gasteiger partial charge in [0.2, 0.25) is 0 Å².